The summed E-state index contributed by atoms with van der Waals surface area (Å²) in [5.41, 5.74) is -0.255. The van der Waals surface area contributed by atoms with E-state index in [0.29, 0.717) is 12.8 Å². The molecule has 1 fully saturated rings. The zero-order valence-corrected chi connectivity index (χ0v) is 61.6. The van der Waals surface area contributed by atoms with Gasteiger partial charge in [0.2, 0.25) is 65.0 Å². The Labute approximate surface area is 562 Å². The number of benzene rings is 1. The van der Waals surface area contributed by atoms with E-state index in [9.17, 15) is 29.1 Å². The Morgan fingerprint density at radius 3 is 1.43 bits per heavy atom. The van der Waals surface area contributed by atoms with Crippen LogP contribution < -0.4 is 21.3 Å². The maximum atomic E-state index is 15.3. The zero-order valence-electron chi connectivity index (χ0n) is 61.6. The fourth-order valence-corrected chi connectivity index (χ4v) is 12.0. The number of likely N-dealkylation sites (N-methyl/N-ethyl adjacent to an activating group) is 7. The minimum absolute atomic E-state index is 0.00136. The number of rotatable bonds is 19. The number of ether oxygens (including phenoxy) is 1. The molecule has 0 spiro atoms. The molecule has 1 aromatic carbocycles. The lowest BCUT2D eigenvalue weighted by Gasteiger charge is -2.41. The topological polar surface area (TPSA) is 288 Å². The Hall–Kier alpha value is -6.69. The molecule has 0 unspecified atom stereocenters. The Morgan fingerprint density at radius 1 is 0.479 bits per heavy atom. The van der Waals surface area contributed by atoms with Gasteiger partial charge in [0.1, 0.15) is 66.5 Å². The summed E-state index contributed by atoms with van der Waals surface area (Å²) in [6.45, 7) is 31.6. The van der Waals surface area contributed by atoms with Gasteiger partial charge in [0, 0.05) is 55.8 Å². The number of aliphatic hydroxyl groups excluding tert-OH is 1. The summed E-state index contributed by atoms with van der Waals surface area (Å²) in [5.74, 6) is -9.85. The van der Waals surface area contributed by atoms with Gasteiger partial charge < -0.3 is 65.4 Å². The third-order valence-electron chi connectivity index (χ3n) is 18.3. The molecule has 1 aliphatic rings. The van der Waals surface area contributed by atoms with Gasteiger partial charge in [0.15, 0.2) is 0 Å². The Bertz CT molecular complexity index is 2710. The molecule has 11 amide bonds. The van der Waals surface area contributed by atoms with E-state index in [1.807, 2.05) is 78.8 Å². The van der Waals surface area contributed by atoms with Crippen molar-refractivity contribution in [3.63, 3.8) is 0 Å². The van der Waals surface area contributed by atoms with Crippen LogP contribution in [0.4, 0.5) is 0 Å². The molecule has 0 bridgehead atoms. The van der Waals surface area contributed by atoms with Crippen molar-refractivity contribution < 1.29 is 62.6 Å². The molecule has 0 aliphatic carbocycles. The molecule has 0 radical (unpaired) electrons. The van der Waals surface area contributed by atoms with Crippen LogP contribution in [0, 0.1) is 35.5 Å². The van der Waals surface area contributed by atoms with Crippen molar-refractivity contribution in [1.29, 1.82) is 0 Å². The lowest BCUT2D eigenvalue weighted by molar-refractivity contribution is -0.157. The normalized spacial score (nSPS) is 26.3. The summed E-state index contributed by atoms with van der Waals surface area (Å²) >= 11 is 0. The van der Waals surface area contributed by atoms with Crippen molar-refractivity contribution in [3.05, 3.63) is 35.9 Å². The molecule has 1 aromatic rings. The molecule has 0 aromatic heterocycles. The van der Waals surface area contributed by atoms with Crippen molar-refractivity contribution >= 4 is 65.0 Å². The highest BCUT2D eigenvalue weighted by Crippen LogP contribution is 2.28. The summed E-state index contributed by atoms with van der Waals surface area (Å²) in [5, 5.41) is 23.4. The van der Waals surface area contributed by atoms with E-state index < -0.39 is 161 Å². The van der Waals surface area contributed by atoms with Crippen molar-refractivity contribution in [1.82, 2.24) is 55.6 Å². The first kappa shape index (κ1) is 83.4. The van der Waals surface area contributed by atoms with Gasteiger partial charge in [-0.15, -0.1) is 0 Å². The largest absolute Gasteiger partial charge is 0.390 e. The van der Waals surface area contributed by atoms with Crippen LogP contribution in [0.1, 0.15) is 182 Å². The molecule has 1 saturated heterocycles. The highest BCUT2D eigenvalue weighted by atomic mass is 16.5. The first-order valence-electron chi connectivity index (χ1n) is 34.0. The van der Waals surface area contributed by atoms with E-state index >= 15 is 28.8 Å². The van der Waals surface area contributed by atoms with Gasteiger partial charge in [-0.3, -0.25) is 52.7 Å². The number of nitrogens with zero attached hydrogens (tertiary/aromatic N) is 7. The maximum Gasteiger partial charge on any atom is 0.246 e. The fraction of sp³-hybridized carbons (Fsp3) is 0.757. The molecule has 24 nitrogen and oxygen atoms in total. The van der Waals surface area contributed by atoms with Crippen LogP contribution in [0.25, 0.3) is 0 Å². The van der Waals surface area contributed by atoms with Crippen LogP contribution in [0.3, 0.4) is 0 Å². The number of hydrogen-bond acceptors (Lipinski definition) is 13. The molecule has 5 N–H and O–H groups in total. The molecular weight excluding hydrogens is 1200 g/mol. The van der Waals surface area contributed by atoms with Crippen molar-refractivity contribution in [2.45, 2.75) is 261 Å². The molecule has 2 rings (SSSR count). The number of hydrogen-bond donors (Lipinski definition) is 5. The van der Waals surface area contributed by atoms with Crippen LogP contribution in [-0.2, 0) is 64.1 Å². The van der Waals surface area contributed by atoms with Gasteiger partial charge >= 0.3 is 0 Å². The smallest absolute Gasteiger partial charge is 0.246 e. The summed E-state index contributed by atoms with van der Waals surface area (Å²) in [6, 6.07) is -4.70. The third kappa shape index (κ3) is 23.0. The lowest BCUT2D eigenvalue weighted by atomic mass is 9.90. The molecule has 24 heteroatoms. The Kier molecular flexibility index (Phi) is 33.3. The number of aliphatic hydroxyl groups is 1. The molecule has 0 saturated carbocycles. The van der Waals surface area contributed by atoms with E-state index in [-0.39, 0.29) is 56.5 Å². The second-order valence-electron chi connectivity index (χ2n) is 28.9. The van der Waals surface area contributed by atoms with E-state index in [4.69, 9.17) is 4.74 Å². The van der Waals surface area contributed by atoms with Crippen LogP contribution in [-0.4, -0.2) is 232 Å². The van der Waals surface area contributed by atoms with Crippen LogP contribution in [0.15, 0.2) is 30.3 Å². The molecule has 94 heavy (non-hydrogen) atoms. The second kappa shape index (κ2) is 37.6. The summed E-state index contributed by atoms with van der Waals surface area (Å²) in [4.78, 5) is 172. The van der Waals surface area contributed by atoms with Crippen molar-refractivity contribution in [3.8, 4) is 0 Å². The predicted octanol–water partition coefficient (Wildman–Crippen LogP) is 5.22. The molecule has 534 valence electrons. The Balaban J connectivity index is 3.06. The van der Waals surface area contributed by atoms with Gasteiger partial charge in [0.25, 0.3) is 0 Å². The molecule has 1 heterocycles. The molecule has 1 aliphatic heterocycles. The van der Waals surface area contributed by atoms with E-state index in [1.54, 1.807) is 55.4 Å². The van der Waals surface area contributed by atoms with E-state index in [2.05, 4.69) is 21.3 Å². The van der Waals surface area contributed by atoms with Gasteiger partial charge in [-0.1, -0.05) is 133 Å². The van der Waals surface area contributed by atoms with Crippen LogP contribution in [0.2, 0.25) is 0 Å². The third-order valence-corrected chi connectivity index (χ3v) is 18.3. The SMILES string of the molecule is CCCC[C@@H](C)[C@@H](O)[C@H]1C(=O)N[C@@H](CC)C(=O)N(C)[C@H](C)C(=O)N(C)[C@@H](CC(C)(C)OCc2ccccc2)C(=O)N[C@@H](C(C)C)C(=O)N(C)[C@@H](CC(C)C)C(=O)N[C@@H](C)C(=O)N[C@H](C)C(=O)N(C)[C@@H](CC(C)C)C(=O)N(C)[C@@H](CC(C)C)C(=O)N(C)[C@@H](C(C)C)C(=O)N1C. The standard InChI is InChI=1S/C70H121N11O13/c1-26-28-32-45(13)58(82)57-62(86)73-50(27-2)65(89)75(19)48(16)64(88)79(23)54(38-70(17,18)94-39-49-33-30-29-31-34-49)61(85)74-55(43(9)10)68(92)76(20)51(35-40(3)4)60(84)71-46(14)59(83)72-47(15)63(87)77(21)52(36-41(5)6)66(90)78(22)53(37-42(7)8)67(91)80(24)56(44(11)12)69(93)81(57)25/h29-31,33-34,40-48,50-58,82H,26-28,32,35-39H2,1-25H3,(H,71,84)(H,72,83)(H,73,86)(H,74,85)/t45-,46+,47-,48-,50+,51+,52+,53+,54+,55+,56+,57+,58-/m1/s1. The first-order valence-corrected chi connectivity index (χ1v) is 34.0. The minimum atomic E-state index is -1.61. The van der Waals surface area contributed by atoms with Crippen molar-refractivity contribution in [2.24, 2.45) is 35.5 Å². The summed E-state index contributed by atoms with van der Waals surface area (Å²) in [6.07, 6.45) is 0.763. The van der Waals surface area contributed by atoms with Gasteiger partial charge in [-0.05, 0) is 108 Å². The fourth-order valence-electron chi connectivity index (χ4n) is 12.0. The average molecular weight is 1320 g/mol. The minimum Gasteiger partial charge on any atom is -0.390 e. The number of unbranched alkanes of at least 4 members (excludes halogenated alkanes) is 1. The van der Waals surface area contributed by atoms with Gasteiger partial charge in [0.05, 0.1) is 18.3 Å². The highest BCUT2D eigenvalue weighted by molar-refractivity contribution is 6.00. The quantitative estimate of drug-likeness (QED) is 0.119. The zero-order chi connectivity index (χ0) is 72.3. The second-order valence-corrected chi connectivity index (χ2v) is 28.9. The number of amides is 11. The van der Waals surface area contributed by atoms with Crippen LogP contribution >= 0.6 is 0 Å². The van der Waals surface area contributed by atoms with E-state index in [1.165, 1.54) is 94.6 Å². The van der Waals surface area contributed by atoms with Gasteiger partial charge in [-0.25, -0.2) is 0 Å². The number of nitrogens with one attached hydrogen (secondary N) is 4. The average Bonchev–Trinajstić information content (AvgIpc) is 0.813. The molecule has 13 atom stereocenters. The monoisotopic (exact) mass is 1320 g/mol. The first-order chi connectivity index (χ1) is 43.5. The summed E-state index contributed by atoms with van der Waals surface area (Å²) in [7, 11) is 9.95. The highest BCUT2D eigenvalue weighted by Gasteiger charge is 2.46. The molecular formula is C70H121N11O13. The van der Waals surface area contributed by atoms with E-state index in [0.717, 1.165) is 21.8 Å². The number of carbonyl (C=O) groups is 11. The van der Waals surface area contributed by atoms with Crippen LogP contribution in [0.5, 0.6) is 0 Å². The van der Waals surface area contributed by atoms with Gasteiger partial charge in [-0.2, -0.15) is 0 Å². The predicted molar refractivity (Wildman–Crippen MR) is 364 cm³/mol. The number of carbonyl (C=O) groups excluding carboxylic acids is 11. The summed E-state index contributed by atoms with van der Waals surface area (Å²) < 4.78 is 6.42. The lowest BCUT2D eigenvalue weighted by Crippen LogP contribution is -2.64. The van der Waals surface area contributed by atoms with Crippen molar-refractivity contribution in [2.75, 3.05) is 49.3 Å². The Morgan fingerprint density at radius 2 is 0.936 bits per heavy atom. The maximum absolute atomic E-state index is 15.3.